The number of ether oxygens (including phenoxy) is 1. The molecule has 6 nitrogen and oxygen atoms in total. The largest absolute Gasteiger partial charge is 0.435 e. The molecule has 0 fully saturated rings. The van der Waals surface area contributed by atoms with Crippen molar-refractivity contribution >= 4 is 11.6 Å². The molecule has 0 saturated heterocycles. The zero-order valence-corrected chi connectivity index (χ0v) is 10.7. The van der Waals surface area contributed by atoms with E-state index in [1.165, 1.54) is 13.1 Å². The number of carbonyl (C=O) groups excluding carboxylic acids is 1. The Hall–Kier alpha value is -2.63. The van der Waals surface area contributed by atoms with Crippen LogP contribution >= 0.6 is 0 Å². The molecule has 2 aromatic rings. The molecular formula is C13H14N4O2. The topological polar surface area (TPSA) is 90.1 Å². The van der Waals surface area contributed by atoms with Crippen molar-refractivity contribution in [3.05, 3.63) is 41.6 Å². The van der Waals surface area contributed by atoms with Crippen LogP contribution in [0.4, 0.5) is 5.69 Å². The molecule has 0 bridgehead atoms. The van der Waals surface area contributed by atoms with Gasteiger partial charge in [-0.2, -0.15) is 0 Å². The van der Waals surface area contributed by atoms with Crippen LogP contribution in [0.1, 0.15) is 16.1 Å². The first kappa shape index (κ1) is 12.8. The number of aryl methyl sites for hydroxylation is 1. The lowest BCUT2D eigenvalue weighted by Gasteiger charge is -2.09. The molecule has 6 heteroatoms. The number of anilines is 1. The Bertz CT molecular complexity index is 576. The number of hydrogen-bond donors (Lipinski definition) is 2. The van der Waals surface area contributed by atoms with Gasteiger partial charge in [0, 0.05) is 13.1 Å². The second-order valence-electron chi connectivity index (χ2n) is 3.93. The molecule has 0 spiro atoms. The van der Waals surface area contributed by atoms with E-state index in [1.807, 2.05) is 19.1 Å². The molecule has 0 aliphatic heterocycles. The molecule has 1 amide bonds. The van der Waals surface area contributed by atoms with Gasteiger partial charge in [-0.3, -0.25) is 4.79 Å². The normalized spacial score (nSPS) is 10.0. The summed E-state index contributed by atoms with van der Waals surface area (Å²) in [4.78, 5) is 11.3. The van der Waals surface area contributed by atoms with E-state index in [-0.39, 0.29) is 17.5 Å². The first-order valence-corrected chi connectivity index (χ1v) is 5.70. The monoisotopic (exact) mass is 258 g/mol. The van der Waals surface area contributed by atoms with Crippen LogP contribution in [-0.2, 0) is 0 Å². The first-order valence-electron chi connectivity index (χ1n) is 5.70. The molecule has 0 saturated carbocycles. The molecule has 98 valence electrons. The fraction of sp³-hybridized carbons (Fsp3) is 0.154. The van der Waals surface area contributed by atoms with Crippen molar-refractivity contribution in [3.8, 4) is 11.6 Å². The number of carbonyl (C=O) groups is 1. The van der Waals surface area contributed by atoms with Crippen molar-refractivity contribution in [2.45, 2.75) is 6.92 Å². The van der Waals surface area contributed by atoms with Crippen LogP contribution in [0.2, 0.25) is 0 Å². The smallest absolute Gasteiger partial charge is 0.271 e. The van der Waals surface area contributed by atoms with Crippen LogP contribution in [0.25, 0.3) is 0 Å². The predicted octanol–water partition coefficient (Wildman–Crippen LogP) is 1.52. The lowest BCUT2D eigenvalue weighted by atomic mass is 10.2. The van der Waals surface area contributed by atoms with Crippen LogP contribution in [0, 0.1) is 6.92 Å². The maximum atomic E-state index is 11.3. The molecular weight excluding hydrogens is 244 g/mol. The van der Waals surface area contributed by atoms with E-state index < -0.39 is 0 Å². The van der Waals surface area contributed by atoms with Crippen LogP contribution in [0.5, 0.6) is 11.6 Å². The Morgan fingerprint density at radius 1 is 1.26 bits per heavy atom. The van der Waals surface area contributed by atoms with Gasteiger partial charge in [-0.25, -0.2) is 0 Å². The van der Waals surface area contributed by atoms with E-state index in [1.54, 1.807) is 12.1 Å². The Morgan fingerprint density at radius 3 is 2.63 bits per heavy atom. The van der Waals surface area contributed by atoms with Gasteiger partial charge in [-0.05, 0) is 24.6 Å². The van der Waals surface area contributed by atoms with Crippen molar-refractivity contribution in [1.82, 2.24) is 15.5 Å². The van der Waals surface area contributed by atoms with E-state index in [0.29, 0.717) is 11.4 Å². The van der Waals surface area contributed by atoms with Gasteiger partial charge in [-0.1, -0.05) is 12.1 Å². The molecule has 0 aliphatic carbocycles. The van der Waals surface area contributed by atoms with Gasteiger partial charge >= 0.3 is 0 Å². The van der Waals surface area contributed by atoms with Crippen LogP contribution in [0.15, 0.2) is 30.3 Å². The van der Waals surface area contributed by atoms with Crippen LogP contribution in [0.3, 0.4) is 0 Å². The molecule has 19 heavy (non-hydrogen) atoms. The molecule has 3 N–H and O–H groups in total. The van der Waals surface area contributed by atoms with E-state index in [0.717, 1.165) is 5.56 Å². The second-order valence-corrected chi connectivity index (χ2v) is 3.93. The maximum Gasteiger partial charge on any atom is 0.271 e. The summed E-state index contributed by atoms with van der Waals surface area (Å²) >= 11 is 0. The summed E-state index contributed by atoms with van der Waals surface area (Å²) in [5.41, 5.74) is 7.49. The third-order valence-electron chi connectivity index (χ3n) is 2.55. The minimum atomic E-state index is -0.297. The number of nitrogens with two attached hydrogens (primary N) is 1. The fourth-order valence-electron chi connectivity index (χ4n) is 1.54. The van der Waals surface area contributed by atoms with Gasteiger partial charge in [0.15, 0.2) is 11.4 Å². The number of nitrogen functional groups attached to an aromatic ring is 1. The number of nitrogens with zero attached hydrogens (tertiary/aromatic N) is 2. The number of aromatic nitrogens is 2. The summed E-state index contributed by atoms with van der Waals surface area (Å²) < 4.78 is 5.58. The molecule has 0 atom stereocenters. The highest BCUT2D eigenvalue weighted by atomic mass is 16.5. The van der Waals surface area contributed by atoms with Gasteiger partial charge in [0.1, 0.15) is 0 Å². The minimum Gasteiger partial charge on any atom is -0.435 e. The maximum absolute atomic E-state index is 11.3. The molecule has 0 aliphatic rings. The average molecular weight is 258 g/mol. The van der Waals surface area contributed by atoms with Crippen molar-refractivity contribution < 1.29 is 9.53 Å². The van der Waals surface area contributed by atoms with Crippen LogP contribution in [-0.4, -0.2) is 23.2 Å². The number of hydrogen-bond acceptors (Lipinski definition) is 5. The zero-order chi connectivity index (χ0) is 13.8. The molecule has 0 unspecified atom stereocenters. The SMILES string of the molecule is CNC(=O)c1ccc(Oc2c(C)cccc2N)nn1. The van der Waals surface area contributed by atoms with Gasteiger partial charge in [0.25, 0.3) is 5.91 Å². The van der Waals surface area contributed by atoms with E-state index >= 15 is 0 Å². The van der Waals surface area contributed by atoms with Gasteiger partial charge in [-0.15, -0.1) is 10.2 Å². The number of para-hydroxylation sites is 1. The van der Waals surface area contributed by atoms with E-state index in [4.69, 9.17) is 10.5 Å². The minimum absolute atomic E-state index is 0.229. The predicted molar refractivity (Wildman–Crippen MR) is 71.1 cm³/mol. The second kappa shape index (κ2) is 5.34. The van der Waals surface area contributed by atoms with Crippen molar-refractivity contribution in [2.75, 3.05) is 12.8 Å². The quantitative estimate of drug-likeness (QED) is 0.814. The Kier molecular flexibility index (Phi) is 3.61. The number of amides is 1. The number of nitrogens with one attached hydrogen (secondary N) is 1. The molecule has 2 rings (SSSR count). The number of rotatable bonds is 3. The first-order chi connectivity index (χ1) is 9.11. The van der Waals surface area contributed by atoms with Crippen molar-refractivity contribution in [3.63, 3.8) is 0 Å². The zero-order valence-electron chi connectivity index (χ0n) is 10.7. The summed E-state index contributed by atoms with van der Waals surface area (Å²) in [6.45, 7) is 1.89. The van der Waals surface area contributed by atoms with E-state index in [9.17, 15) is 4.79 Å². The van der Waals surface area contributed by atoms with Gasteiger partial charge in [0.2, 0.25) is 5.88 Å². The molecule has 0 radical (unpaired) electrons. The Balaban J connectivity index is 2.22. The molecule has 1 aromatic heterocycles. The fourth-order valence-corrected chi connectivity index (χ4v) is 1.54. The lowest BCUT2D eigenvalue weighted by molar-refractivity contribution is 0.0957. The number of benzene rings is 1. The summed E-state index contributed by atoms with van der Waals surface area (Å²) in [7, 11) is 1.53. The van der Waals surface area contributed by atoms with Gasteiger partial charge < -0.3 is 15.8 Å². The highest BCUT2D eigenvalue weighted by Crippen LogP contribution is 2.29. The summed E-state index contributed by atoms with van der Waals surface area (Å²) in [5.74, 6) is 0.535. The summed E-state index contributed by atoms with van der Waals surface area (Å²) in [5, 5.41) is 10.1. The summed E-state index contributed by atoms with van der Waals surface area (Å²) in [6.07, 6.45) is 0. The third kappa shape index (κ3) is 2.79. The highest BCUT2D eigenvalue weighted by Gasteiger charge is 2.09. The standard InChI is InChI=1S/C13H14N4O2/c1-8-4-3-5-9(14)12(8)19-11-7-6-10(16-17-11)13(18)15-2/h3-7H,14H2,1-2H3,(H,15,18). The average Bonchev–Trinajstić information content (AvgIpc) is 2.43. The van der Waals surface area contributed by atoms with E-state index in [2.05, 4.69) is 15.5 Å². The summed E-state index contributed by atoms with van der Waals surface area (Å²) in [6, 6.07) is 8.59. The molecule has 1 aromatic carbocycles. The van der Waals surface area contributed by atoms with Gasteiger partial charge in [0.05, 0.1) is 5.69 Å². The van der Waals surface area contributed by atoms with Crippen molar-refractivity contribution in [2.24, 2.45) is 0 Å². The Morgan fingerprint density at radius 2 is 2.05 bits per heavy atom. The Labute approximate surface area is 110 Å². The third-order valence-corrected chi connectivity index (χ3v) is 2.55. The highest BCUT2D eigenvalue weighted by molar-refractivity contribution is 5.91. The molecule has 1 heterocycles. The van der Waals surface area contributed by atoms with Crippen molar-refractivity contribution in [1.29, 1.82) is 0 Å². The lowest BCUT2D eigenvalue weighted by Crippen LogP contribution is -2.19. The van der Waals surface area contributed by atoms with Crippen LogP contribution < -0.4 is 15.8 Å².